The van der Waals surface area contributed by atoms with E-state index < -0.39 is 11.9 Å². The van der Waals surface area contributed by atoms with E-state index in [4.69, 9.17) is 9.15 Å². The summed E-state index contributed by atoms with van der Waals surface area (Å²) in [5.41, 5.74) is 2.61. The van der Waals surface area contributed by atoms with Gasteiger partial charge in [-0.15, -0.1) is 0 Å². The van der Waals surface area contributed by atoms with Crippen molar-refractivity contribution in [2.45, 2.75) is 6.92 Å². The number of benzene rings is 2. The van der Waals surface area contributed by atoms with Crippen LogP contribution in [0.25, 0.3) is 22.2 Å². The van der Waals surface area contributed by atoms with Gasteiger partial charge in [-0.25, -0.2) is 9.78 Å². The number of hydrogen-bond donors (Lipinski definition) is 1. The standard InChI is InChI=1S/C21H16N4O4/c1-2-28-20(27)19-24-25-21(29-19)23-18(26)15-12-17(13-8-4-3-5-9-13)22-16-11-7-6-10-14(15)16/h3-12H,2H2,1H3,(H,23,25,26). The SMILES string of the molecule is CCOC(=O)c1nnc(NC(=O)c2cc(-c3ccccc3)nc3ccccc23)o1. The van der Waals surface area contributed by atoms with E-state index in [0.29, 0.717) is 22.2 Å². The van der Waals surface area contributed by atoms with Crippen molar-refractivity contribution in [2.24, 2.45) is 0 Å². The lowest BCUT2D eigenvalue weighted by atomic mass is 10.0. The number of aromatic nitrogens is 3. The van der Waals surface area contributed by atoms with Crippen molar-refractivity contribution in [3.63, 3.8) is 0 Å². The molecule has 0 aliphatic carbocycles. The Hall–Kier alpha value is -4.07. The Balaban J connectivity index is 1.69. The fourth-order valence-electron chi connectivity index (χ4n) is 2.83. The van der Waals surface area contributed by atoms with E-state index in [2.05, 4.69) is 20.5 Å². The number of rotatable bonds is 5. The number of carbonyl (C=O) groups is 2. The van der Waals surface area contributed by atoms with Crippen LogP contribution in [0.1, 0.15) is 28.0 Å². The average molecular weight is 388 g/mol. The fourth-order valence-corrected chi connectivity index (χ4v) is 2.83. The monoisotopic (exact) mass is 388 g/mol. The minimum absolute atomic E-state index is 0.175. The molecule has 0 bridgehead atoms. The highest BCUT2D eigenvalue weighted by Gasteiger charge is 2.19. The second kappa shape index (κ2) is 7.89. The molecule has 8 heteroatoms. The van der Waals surface area contributed by atoms with E-state index in [1.807, 2.05) is 54.6 Å². The number of ether oxygens (including phenoxy) is 1. The Kier molecular flexibility index (Phi) is 4.98. The molecule has 8 nitrogen and oxygen atoms in total. The Morgan fingerprint density at radius 3 is 2.59 bits per heavy atom. The Labute approximate surface area is 165 Å². The van der Waals surface area contributed by atoms with Gasteiger partial charge < -0.3 is 9.15 Å². The lowest BCUT2D eigenvalue weighted by Gasteiger charge is -2.09. The second-order valence-electron chi connectivity index (χ2n) is 6.03. The summed E-state index contributed by atoms with van der Waals surface area (Å²) >= 11 is 0. The number of para-hydroxylation sites is 1. The Morgan fingerprint density at radius 1 is 1.03 bits per heavy atom. The number of nitrogens with one attached hydrogen (secondary N) is 1. The number of pyridine rings is 1. The van der Waals surface area contributed by atoms with Crippen molar-refractivity contribution in [1.82, 2.24) is 15.2 Å². The molecule has 4 aromatic rings. The quantitative estimate of drug-likeness (QED) is 0.519. The van der Waals surface area contributed by atoms with E-state index in [1.54, 1.807) is 13.0 Å². The van der Waals surface area contributed by atoms with Crippen molar-refractivity contribution < 1.29 is 18.7 Å². The van der Waals surface area contributed by atoms with E-state index in [1.165, 1.54) is 0 Å². The molecule has 0 aliphatic heterocycles. The van der Waals surface area contributed by atoms with Gasteiger partial charge in [-0.1, -0.05) is 58.7 Å². The van der Waals surface area contributed by atoms with Crippen LogP contribution < -0.4 is 5.32 Å². The van der Waals surface area contributed by atoms with Crippen molar-refractivity contribution in [1.29, 1.82) is 0 Å². The third-order valence-electron chi connectivity index (χ3n) is 4.13. The zero-order valence-corrected chi connectivity index (χ0v) is 15.5. The van der Waals surface area contributed by atoms with E-state index in [-0.39, 0.29) is 18.5 Å². The molecule has 0 radical (unpaired) electrons. The molecule has 0 fully saturated rings. The molecular weight excluding hydrogens is 372 g/mol. The molecule has 2 aromatic heterocycles. The number of fused-ring (bicyclic) bond motifs is 1. The van der Waals surface area contributed by atoms with E-state index in [0.717, 1.165) is 5.56 Å². The normalized spacial score (nSPS) is 10.7. The van der Waals surface area contributed by atoms with Crippen LogP contribution in [0.15, 0.2) is 65.1 Å². The molecule has 144 valence electrons. The summed E-state index contributed by atoms with van der Waals surface area (Å²) in [6, 6.07) is 18.4. The van der Waals surface area contributed by atoms with Crippen molar-refractivity contribution in [2.75, 3.05) is 11.9 Å². The number of amides is 1. The molecule has 0 spiro atoms. The van der Waals surface area contributed by atoms with Crippen LogP contribution >= 0.6 is 0 Å². The first-order valence-electron chi connectivity index (χ1n) is 8.93. The third-order valence-corrected chi connectivity index (χ3v) is 4.13. The zero-order chi connectivity index (χ0) is 20.2. The summed E-state index contributed by atoms with van der Waals surface area (Å²) in [7, 11) is 0. The van der Waals surface area contributed by atoms with Crippen molar-refractivity contribution in [3.05, 3.63) is 72.1 Å². The van der Waals surface area contributed by atoms with E-state index >= 15 is 0 Å². The molecule has 1 N–H and O–H groups in total. The van der Waals surface area contributed by atoms with Crippen LogP contribution in [0.2, 0.25) is 0 Å². The van der Waals surface area contributed by atoms with Gasteiger partial charge in [0.15, 0.2) is 0 Å². The Morgan fingerprint density at radius 2 is 1.79 bits per heavy atom. The van der Waals surface area contributed by atoms with E-state index in [9.17, 15) is 9.59 Å². The lowest BCUT2D eigenvalue weighted by Crippen LogP contribution is -2.13. The fraction of sp³-hybridized carbons (Fsp3) is 0.0952. The topological polar surface area (TPSA) is 107 Å². The number of anilines is 1. The molecule has 29 heavy (non-hydrogen) atoms. The molecule has 0 atom stereocenters. The molecule has 0 saturated heterocycles. The summed E-state index contributed by atoms with van der Waals surface area (Å²) in [5.74, 6) is -1.53. The van der Waals surface area contributed by atoms with Gasteiger partial charge in [0, 0.05) is 10.9 Å². The minimum Gasteiger partial charge on any atom is -0.459 e. The van der Waals surface area contributed by atoms with Crippen LogP contribution in [-0.4, -0.2) is 33.7 Å². The number of nitrogens with zero attached hydrogens (tertiary/aromatic N) is 3. The molecule has 4 rings (SSSR count). The highest BCUT2D eigenvalue weighted by molar-refractivity contribution is 6.12. The summed E-state index contributed by atoms with van der Waals surface area (Å²) in [6.07, 6.45) is 0. The van der Waals surface area contributed by atoms with Gasteiger partial charge in [-0.2, -0.15) is 0 Å². The van der Waals surface area contributed by atoms with Crippen LogP contribution in [0, 0.1) is 0 Å². The van der Waals surface area contributed by atoms with Crippen molar-refractivity contribution in [3.8, 4) is 11.3 Å². The van der Waals surface area contributed by atoms with Gasteiger partial charge >= 0.3 is 17.9 Å². The predicted molar refractivity (Wildman–Crippen MR) is 105 cm³/mol. The van der Waals surface area contributed by atoms with Crippen molar-refractivity contribution >= 4 is 28.8 Å². The van der Waals surface area contributed by atoms with Gasteiger partial charge in [-0.05, 0) is 19.1 Å². The van der Waals surface area contributed by atoms with Gasteiger partial charge in [0.05, 0.1) is 23.4 Å². The van der Waals surface area contributed by atoms with Gasteiger partial charge in [-0.3, -0.25) is 10.1 Å². The largest absolute Gasteiger partial charge is 0.459 e. The average Bonchev–Trinajstić information content (AvgIpc) is 3.22. The maximum Gasteiger partial charge on any atom is 0.396 e. The summed E-state index contributed by atoms with van der Waals surface area (Å²) in [6.45, 7) is 1.84. The molecule has 2 heterocycles. The predicted octanol–water partition coefficient (Wildman–Crippen LogP) is 3.71. The number of hydrogen-bond acceptors (Lipinski definition) is 7. The first kappa shape index (κ1) is 18.3. The maximum absolute atomic E-state index is 12.9. The first-order chi connectivity index (χ1) is 14.2. The third kappa shape index (κ3) is 3.81. The molecule has 0 aliphatic rings. The maximum atomic E-state index is 12.9. The molecule has 1 amide bonds. The zero-order valence-electron chi connectivity index (χ0n) is 15.5. The van der Waals surface area contributed by atoms with Crippen LogP contribution in [0.5, 0.6) is 0 Å². The van der Waals surface area contributed by atoms with Gasteiger partial charge in [0.1, 0.15) is 0 Å². The van der Waals surface area contributed by atoms with Gasteiger partial charge in [0.2, 0.25) is 0 Å². The van der Waals surface area contributed by atoms with Gasteiger partial charge in [0.25, 0.3) is 5.91 Å². The van der Waals surface area contributed by atoms with Crippen LogP contribution in [0.3, 0.4) is 0 Å². The number of esters is 1. The summed E-state index contributed by atoms with van der Waals surface area (Å²) < 4.78 is 9.97. The number of carbonyl (C=O) groups excluding carboxylic acids is 2. The molecule has 2 aromatic carbocycles. The lowest BCUT2D eigenvalue weighted by molar-refractivity contribution is 0.0481. The molecule has 0 unspecified atom stereocenters. The summed E-state index contributed by atoms with van der Waals surface area (Å²) in [5, 5.41) is 10.5. The smallest absolute Gasteiger partial charge is 0.396 e. The molecule has 0 saturated carbocycles. The van der Waals surface area contributed by atoms with Crippen LogP contribution in [-0.2, 0) is 4.74 Å². The highest BCUT2D eigenvalue weighted by atomic mass is 16.5. The first-order valence-corrected chi connectivity index (χ1v) is 8.93. The second-order valence-corrected chi connectivity index (χ2v) is 6.03. The minimum atomic E-state index is -0.749. The Bertz CT molecular complexity index is 1190. The highest BCUT2D eigenvalue weighted by Crippen LogP contribution is 2.25. The van der Waals surface area contributed by atoms with Crippen LogP contribution in [0.4, 0.5) is 6.01 Å². The summed E-state index contributed by atoms with van der Waals surface area (Å²) in [4.78, 5) is 29.2. The molecular formula is C21H16N4O4.